The molecule has 0 bridgehead atoms. The normalized spacial score (nSPS) is 11.2. The number of benzene rings is 3. The van der Waals surface area contributed by atoms with E-state index in [1.165, 1.54) is 22.3 Å². The molecule has 3 aromatic carbocycles. The van der Waals surface area contributed by atoms with Gasteiger partial charge in [-0.3, -0.25) is 0 Å². The van der Waals surface area contributed by atoms with Crippen LogP contribution in [0.1, 0.15) is 73.5 Å². The van der Waals surface area contributed by atoms with Crippen molar-refractivity contribution in [3.8, 4) is 11.3 Å². The van der Waals surface area contributed by atoms with Crippen LogP contribution in [0.5, 0.6) is 0 Å². The van der Waals surface area contributed by atoms with Gasteiger partial charge in [0.15, 0.2) is 0 Å². The molecule has 0 saturated heterocycles. The summed E-state index contributed by atoms with van der Waals surface area (Å²) in [5.41, 5.74) is 8.95. The molecule has 4 aromatic rings. The van der Waals surface area contributed by atoms with E-state index < -0.39 is 0 Å². The van der Waals surface area contributed by atoms with Crippen LogP contribution >= 0.6 is 0 Å². The van der Waals surface area contributed by atoms with Crippen molar-refractivity contribution in [2.45, 2.75) is 52.5 Å². The average Bonchev–Trinajstić information content (AvgIpc) is 2.83. The quantitative estimate of drug-likeness (QED) is 0.146. The van der Waals surface area contributed by atoms with Crippen LogP contribution in [0.3, 0.4) is 0 Å². The molecular weight excluding hydrogens is 603 g/mol. The van der Waals surface area contributed by atoms with Crippen molar-refractivity contribution in [3.63, 3.8) is 0 Å². The molecule has 0 aliphatic carbocycles. The summed E-state index contributed by atoms with van der Waals surface area (Å²) in [6, 6.07) is 32.4. The Morgan fingerprint density at radius 2 is 1.28 bits per heavy atom. The third-order valence-corrected chi connectivity index (χ3v) is 6.12. The molecule has 184 valence electrons. The van der Waals surface area contributed by atoms with E-state index in [4.69, 9.17) is 10.3 Å². The molecule has 1 atom stereocenters. The Morgan fingerprint density at radius 1 is 0.694 bits per heavy atom. The van der Waals surface area contributed by atoms with E-state index in [0.717, 1.165) is 22.6 Å². The number of nitrogens with zero attached hydrogens (tertiary/aromatic N) is 2. The Hall–Kier alpha value is -2.52. The van der Waals surface area contributed by atoms with Crippen molar-refractivity contribution >= 4 is 5.69 Å². The van der Waals surface area contributed by atoms with Crippen LogP contribution < -0.4 is 0 Å². The fourth-order valence-electron chi connectivity index (χ4n) is 4.28. The largest absolute Gasteiger partial charge is 4.00 e. The summed E-state index contributed by atoms with van der Waals surface area (Å²) in [6.07, 6.45) is 0. The second-order valence-corrected chi connectivity index (χ2v) is 9.21. The van der Waals surface area contributed by atoms with E-state index >= 15 is 0 Å². The summed E-state index contributed by atoms with van der Waals surface area (Å²) in [7, 11) is 0. The zero-order chi connectivity index (χ0) is 23.4. The number of hydrogen-bond acceptors (Lipinski definition) is 1. The van der Waals surface area contributed by atoms with Crippen LogP contribution in [0.2, 0.25) is 0 Å². The summed E-state index contributed by atoms with van der Waals surface area (Å²) in [5, 5.41) is 5.46. The molecular formula is C33H38HfN2. The SMILES string of the molecule is Cc1ccccc1C([N-]c1c(C(C)C)cccc1C(C)C)c1cccc(-c2[c-]cccc2)n1.[CH3-].[CH3-].[Hf+4]. The van der Waals surface area contributed by atoms with E-state index in [2.05, 4.69) is 101 Å². The number of hydrogen-bond donors (Lipinski definition) is 0. The summed E-state index contributed by atoms with van der Waals surface area (Å²) in [6.45, 7) is 11.1. The van der Waals surface area contributed by atoms with Crippen molar-refractivity contribution in [3.05, 3.63) is 139 Å². The van der Waals surface area contributed by atoms with Crippen molar-refractivity contribution in [2.24, 2.45) is 0 Å². The van der Waals surface area contributed by atoms with Gasteiger partial charge >= 0.3 is 25.8 Å². The molecule has 1 heterocycles. The maximum atomic E-state index is 5.46. The molecule has 0 aliphatic heterocycles. The number of aryl methyl sites for hydroxylation is 1. The molecule has 1 unspecified atom stereocenters. The molecule has 0 spiro atoms. The summed E-state index contributed by atoms with van der Waals surface area (Å²) >= 11 is 0. The van der Waals surface area contributed by atoms with Crippen molar-refractivity contribution in [2.75, 3.05) is 0 Å². The smallest absolute Gasteiger partial charge is 0.673 e. The van der Waals surface area contributed by atoms with Gasteiger partial charge in [-0.1, -0.05) is 99.0 Å². The zero-order valence-corrected chi connectivity index (χ0v) is 26.3. The fourth-order valence-corrected chi connectivity index (χ4v) is 4.28. The van der Waals surface area contributed by atoms with Gasteiger partial charge in [-0.15, -0.1) is 41.6 Å². The molecule has 3 heteroatoms. The minimum atomic E-state index is -0.188. The monoisotopic (exact) mass is 642 g/mol. The number of para-hydroxylation sites is 1. The first-order chi connectivity index (χ1) is 16.0. The van der Waals surface area contributed by atoms with Gasteiger partial charge in [-0.05, 0) is 42.1 Å². The molecule has 1 aromatic heterocycles. The summed E-state index contributed by atoms with van der Waals surface area (Å²) < 4.78 is 0. The van der Waals surface area contributed by atoms with Gasteiger partial charge in [0.2, 0.25) is 0 Å². The number of aromatic nitrogens is 1. The maximum absolute atomic E-state index is 5.46. The Kier molecular flexibility index (Phi) is 12.5. The van der Waals surface area contributed by atoms with E-state index in [9.17, 15) is 0 Å². The molecule has 0 N–H and O–H groups in total. The first-order valence-electron chi connectivity index (χ1n) is 11.8. The summed E-state index contributed by atoms with van der Waals surface area (Å²) in [5.74, 6) is 0.774. The molecule has 36 heavy (non-hydrogen) atoms. The van der Waals surface area contributed by atoms with E-state index in [0.29, 0.717) is 11.8 Å². The molecule has 0 fully saturated rings. The second kappa shape index (κ2) is 14.3. The molecule has 2 nitrogen and oxygen atoms in total. The Morgan fingerprint density at radius 3 is 1.86 bits per heavy atom. The third-order valence-electron chi connectivity index (χ3n) is 6.12. The second-order valence-electron chi connectivity index (χ2n) is 9.21. The molecule has 4 rings (SSSR count). The van der Waals surface area contributed by atoms with E-state index in [-0.39, 0.29) is 46.7 Å². The predicted molar refractivity (Wildman–Crippen MR) is 152 cm³/mol. The van der Waals surface area contributed by atoms with Crippen LogP contribution in [0, 0.1) is 27.8 Å². The minimum absolute atomic E-state index is 0. The van der Waals surface area contributed by atoms with Crippen LogP contribution in [0.25, 0.3) is 16.6 Å². The fraction of sp³-hybridized carbons (Fsp3) is 0.242. The maximum Gasteiger partial charge on any atom is 4.00 e. The Balaban J connectivity index is 0.00000216. The van der Waals surface area contributed by atoms with Crippen LogP contribution in [0.15, 0.2) is 84.9 Å². The average molecular weight is 641 g/mol. The van der Waals surface area contributed by atoms with Crippen molar-refractivity contribution in [1.29, 1.82) is 0 Å². The Bertz CT molecular complexity index is 1190. The van der Waals surface area contributed by atoms with Gasteiger partial charge in [0.25, 0.3) is 0 Å². The first-order valence-corrected chi connectivity index (χ1v) is 11.8. The Labute approximate surface area is 238 Å². The molecule has 0 amide bonds. The van der Waals surface area contributed by atoms with Crippen LogP contribution in [0.4, 0.5) is 5.69 Å². The van der Waals surface area contributed by atoms with Crippen molar-refractivity contribution in [1.82, 2.24) is 4.98 Å². The minimum Gasteiger partial charge on any atom is -0.673 e. The van der Waals surface area contributed by atoms with Crippen molar-refractivity contribution < 1.29 is 25.8 Å². The predicted octanol–water partition coefficient (Wildman–Crippen LogP) is 9.80. The van der Waals surface area contributed by atoms with E-state index in [1.54, 1.807) is 0 Å². The van der Waals surface area contributed by atoms with Gasteiger partial charge in [-0.2, -0.15) is 0 Å². The topological polar surface area (TPSA) is 27.0 Å². The number of rotatable bonds is 7. The van der Waals surface area contributed by atoms with Gasteiger partial charge in [-0.25, -0.2) is 0 Å². The van der Waals surface area contributed by atoms with Crippen LogP contribution in [-0.4, -0.2) is 4.98 Å². The summed E-state index contributed by atoms with van der Waals surface area (Å²) in [4.78, 5) is 5.08. The van der Waals surface area contributed by atoms with Crippen LogP contribution in [-0.2, 0) is 25.8 Å². The van der Waals surface area contributed by atoms with Gasteiger partial charge in [0.05, 0.1) is 0 Å². The van der Waals surface area contributed by atoms with Gasteiger partial charge in [0.1, 0.15) is 0 Å². The third kappa shape index (κ3) is 7.03. The molecule has 0 radical (unpaired) electrons. The zero-order valence-electron chi connectivity index (χ0n) is 22.7. The number of pyridine rings is 1. The van der Waals surface area contributed by atoms with E-state index in [1.807, 2.05) is 24.3 Å². The molecule has 0 aliphatic rings. The first kappa shape index (κ1) is 31.5. The van der Waals surface area contributed by atoms with Gasteiger partial charge in [0, 0.05) is 5.69 Å². The van der Waals surface area contributed by atoms with Gasteiger partial charge < -0.3 is 25.2 Å². The standard InChI is InChI=1S/C31H32N2.2CH3.Hf/c1-21(2)25-17-11-18-26(22(3)4)30(25)33-31(27-16-10-9-13-23(27)5)29-20-12-19-28(32-29)24-14-7-6-8-15-24;;;/h6-14,16-22,31H,1-5H3;2*1H3;/q-2;2*-1;+4. The molecule has 0 saturated carbocycles.